The van der Waals surface area contributed by atoms with Crippen LogP contribution >= 0.6 is 11.6 Å². The zero-order valence-corrected chi connectivity index (χ0v) is 19.7. The fourth-order valence-corrected chi connectivity index (χ4v) is 4.15. The van der Waals surface area contributed by atoms with E-state index >= 15 is 0 Å². The Morgan fingerprint density at radius 2 is 1.64 bits per heavy atom. The summed E-state index contributed by atoms with van der Waals surface area (Å²) < 4.78 is 17.0. The summed E-state index contributed by atoms with van der Waals surface area (Å²) in [4.78, 5) is 0. The number of hydrogen-bond acceptors (Lipinski definition) is 7. The Balaban J connectivity index is 1.95. The van der Waals surface area contributed by atoms with Gasteiger partial charge in [0.05, 0.1) is 13.2 Å². The summed E-state index contributed by atoms with van der Waals surface area (Å²) in [5, 5.41) is 41.2. The first-order chi connectivity index (χ1) is 15.9. The molecule has 0 aliphatic carbocycles. The molecule has 1 saturated heterocycles. The van der Waals surface area contributed by atoms with Crippen molar-refractivity contribution in [1.29, 1.82) is 0 Å². The third-order valence-electron chi connectivity index (χ3n) is 5.89. The summed E-state index contributed by atoms with van der Waals surface area (Å²) in [6.45, 7) is 4.66. The zero-order valence-electron chi connectivity index (χ0n) is 19.0. The van der Waals surface area contributed by atoms with Crippen LogP contribution in [0.4, 0.5) is 0 Å². The first-order valence-corrected chi connectivity index (χ1v) is 11.7. The van der Waals surface area contributed by atoms with Crippen LogP contribution in [0.25, 0.3) is 0 Å². The van der Waals surface area contributed by atoms with E-state index < -0.39 is 37.1 Å². The van der Waals surface area contributed by atoms with Crippen molar-refractivity contribution in [3.63, 3.8) is 0 Å². The normalized spacial score (nSPS) is 25.2. The van der Waals surface area contributed by atoms with Crippen molar-refractivity contribution >= 4 is 11.6 Å². The monoisotopic (exact) mass is 480 g/mol. The standard InChI is InChI=1S/C25H33ClO7/c1-3-15-5-7-16(8-6-15)11-17-12-18(20(13-19(17)26)32-10-9-31-4-2)25-24(30)23(29)22(28)21(14-27)33-25/h5-8,12-13,21-25,27-30H,3-4,9-11,14H2,1-2H3/t21-,22-,23+,24-,25+/m1/s1. The Labute approximate surface area is 199 Å². The first-order valence-electron chi connectivity index (χ1n) is 11.3. The SMILES string of the molecule is CCOCCOc1cc(Cl)c(Cc2ccc(CC)cc2)cc1[C@@H]1O[C@H](CO)[C@@H](O)[C@H](O)[C@H]1O. The summed E-state index contributed by atoms with van der Waals surface area (Å²) >= 11 is 6.59. The van der Waals surface area contributed by atoms with Crippen LogP contribution in [0.15, 0.2) is 36.4 Å². The van der Waals surface area contributed by atoms with Gasteiger partial charge in [-0.1, -0.05) is 42.8 Å². The van der Waals surface area contributed by atoms with Crippen molar-refractivity contribution in [3.05, 3.63) is 63.7 Å². The molecule has 0 amide bonds. The molecule has 0 spiro atoms. The van der Waals surface area contributed by atoms with Crippen molar-refractivity contribution in [2.75, 3.05) is 26.4 Å². The van der Waals surface area contributed by atoms with E-state index in [1.165, 1.54) is 5.56 Å². The highest BCUT2D eigenvalue weighted by atomic mass is 35.5. The van der Waals surface area contributed by atoms with Gasteiger partial charge in [-0.2, -0.15) is 0 Å². The highest BCUT2D eigenvalue weighted by Crippen LogP contribution is 2.40. The van der Waals surface area contributed by atoms with E-state index in [2.05, 4.69) is 31.2 Å². The second-order valence-electron chi connectivity index (χ2n) is 8.12. The van der Waals surface area contributed by atoms with Crippen molar-refractivity contribution < 1.29 is 34.6 Å². The molecule has 8 heteroatoms. The molecule has 1 heterocycles. The lowest BCUT2D eigenvalue weighted by atomic mass is 9.89. The van der Waals surface area contributed by atoms with Crippen LogP contribution in [0.3, 0.4) is 0 Å². The van der Waals surface area contributed by atoms with Crippen molar-refractivity contribution in [2.45, 2.75) is 57.2 Å². The summed E-state index contributed by atoms with van der Waals surface area (Å²) in [6.07, 6.45) is -4.89. The molecule has 0 unspecified atom stereocenters. The number of rotatable bonds is 10. The largest absolute Gasteiger partial charge is 0.491 e. The van der Waals surface area contributed by atoms with Gasteiger partial charge in [-0.15, -0.1) is 0 Å². The average Bonchev–Trinajstić information content (AvgIpc) is 2.83. The number of aliphatic hydroxyl groups is 4. The van der Waals surface area contributed by atoms with Crippen molar-refractivity contribution in [3.8, 4) is 5.75 Å². The molecule has 0 saturated carbocycles. The second kappa shape index (κ2) is 12.1. The summed E-state index contributed by atoms with van der Waals surface area (Å²) in [5.41, 5.74) is 3.58. The summed E-state index contributed by atoms with van der Waals surface area (Å²) in [6, 6.07) is 11.7. The van der Waals surface area contributed by atoms with Crippen molar-refractivity contribution in [2.24, 2.45) is 0 Å². The Bertz CT molecular complexity index is 887. The third-order valence-corrected chi connectivity index (χ3v) is 6.24. The van der Waals surface area contributed by atoms with E-state index in [-0.39, 0.29) is 6.61 Å². The molecule has 0 aromatic heterocycles. The van der Waals surface area contributed by atoms with Gasteiger partial charge in [0.25, 0.3) is 0 Å². The average molecular weight is 481 g/mol. The zero-order chi connectivity index (χ0) is 24.0. The number of benzene rings is 2. The molecular weight excluding hydrogens is 448 g/mol. The lowest BCUT2D eigenvalue weighted by Crippen LogP contribution is -2.55. The fourth-order valence-electron chi connectivity index (χ4n) is 3.93. The molecule has 1 aliphatic rings. The second-order valence-corrected chi connectivity index (χ2v) is 8.53. The van der Waals surface area contributed by atoms with Gasteiger partial charge in [-0.05, 0) is 48.6 Å². The summed E-state index contributed by atoms with van der Waals surface area (Å²) in [5.74, 6) is 0.383. The molecule has 182 valence electrons. The smallest absolute Gasteiger partial charge is 0.126 e. The number of halogens is 1. The Kier molecular flexibility index (Phi) is 9.52. The van der Waals surface area contributed by atoms with Gasteiger partial charge in [0, 0.05) is 17.2 Å². The molecule has 2 aromatic carbocycles. The van der Waals surface area contributed by atoms with E-state index in [1.807, 2.05) is 6.92 Å². The van der Waals surface area contributed by atoms with Crippen LogP contribution in [0.2, 0.25) is 5.02 Å². The lowest BCUT2D eigenvalue weighted by Gasteiger charge is -2.40. The molecule has 0 bridgehead atoms. The molecule has 33 heavy (non-hydrogen) atoms. The van der Waals surface area contributed by atoms with Crippen LogP contribution in [-0.2, 0) is 22.3 Å². The van der Waals surface area contributed by atoms with E-state index in [4.69, 9.17) is 25.8 Å². The number of ether oxygens (including phenoxy) is 3. The van der Waals surface area contributed by atoms with E-state index in [1.54, 1.807) is 12.1 Å². The lowest BCUT2D eigenvalue weighted by molar-refractivity contribution is -0.232. The topological polar surface area (TPSA) is 109 Å². The minimum atomic E-state index is -1.49. The molecular formula is C25H33ClO7. The number of hydrogen-bond donors (Lipinski definition) is 4. The maximum absolute atomic E-state index is 10.7. The van der Waals surface area contributed by atoms with Gasteiger partial charge < -0.3 is 34.6 Å². The highest BCUT2D eigenvalue weighted by molar-refractivity contribution is 6.31. The molecule has 3 rings (SSSR count). The van der Waals surface area contributed by atoms with E-state index in [0.717, 1.165) is 17.5 Å². The molecule has 1 aliphatic heterocycles. The molecule has 0 radical (unpaired) electrons. The molecule has 5 atom stereocenters. The third kappa shape index (κ3) is 6.25. The number of aliphatic hydroxyl groups excluding tert-OH is 4. The van der Waals surface area contributed by atoms with Crippen LogP contribution in [0.5, 0.6) is 5.75 Å². The Hall–Kier alpha value is -1.71. The maximum atomic E-state index is 10.7. The van der Waals surface area contributed by atoms with Gasteiger partial charge in [-0.3, -0.25) is 0 Å². The van der Waals surface area contributed by atoms with E-state index in [0.29, 0.717) is 36.0 Å². The van der Waals surface area contributed by atoms with Gasteiger partial charge in [0.15, 0.2) is 0 Å². The van der Waals surface area contributed by atoms with Crippen LogP contribution in [0.1, 0.15) is 42.2 Å². The molecule has 2 aromatic rings. The van der Waals surface area contributed by atoms with Gasteiger partial charge in [0.1, 0.15) is 42.9 Å². The van der Waals surface area contributed by atoms with Crippen LogP contribution < -0.4 is 4.74 Å². The fraction of sp³-hybridized carbons (Fsp3) is 0.520. The van der Waals surface area contributed by atoms with Crippen molar-refractivity contribution in [1.82, 2.24) is 0 Å². The van der Waals surface area contributed by atoms with Gasteiger partial charge in [-0.25, -0.2) is 0 Å². The summed E-state index contributed by atoms with van der Waals surface area (Å²) in [7, 11) is 0. The Morgan fingerprint density at radius 1 is 0.939 bits per heavy atom. The number of aryl methyl sites for hydroxylation is 1. The molecule has 7 nitrogen and oxygen atoms in total. The van der Waals surface area contributed by atoms with Crippen LogP contribution in [0, 0.1) is 0 Å². The maximum Gasteiger partial charge on any atom is 0.126 e. The minimum Gasteiger partial charge on any atom is -0.491 e. The predicted molar refractivity (Wildman–Crippen MR) is 125 cm³/mol. The van der Waals surface area contributed by atoms with Crippen LogP contribution in [-0.4, -0.2) is 71.3 Å². The minimum absolute atomic E-state index is 0.256. The first kappa shape index (κ1) is 25.9. The molecule has 4 N–H and O–H groups in total. The quantitative estimate of drug-likeness (QED) is 0.387. The van der Waals surface area contributed by atoms with Gasteiger partial charge >= 0.3 is 0 Å². The van der Waals surface area contributed by atoms with Gasteiger partial charge in [0.2, 0.25) is 0 Å². The molecule has 1 fully saturated rings. The van der Waals surface area contributed by atoms with E-state index in [9.17, 15) is 20.4 Å². The highest BCUT2D eigenvalue weighted by Gasteiger charge is 2.45. The predicted octanol–water partition coefficient (Wildman–Crippen LogP) is 2.42. The Morgan fingerprint density at radius 3 is 2.27 bits per heavy atom.